The summed E-state index contributed by atoms with van der Waals surface area (Å²) in [5.41, 5.74) is 1.29. The van der Waals surface area contributed by atoms with E-state index in [4.69, 9.17) is 6.42 Å². The first-order valence-electron chi connectivity index (χ1n) is 5.73. The second-order valence-corrected chi connectivity index (χ2v) is 5.20. The van der Waals surface area contributed by atoms with E-state index in [1.165, 1.54) is 10.4 Å². The number of terminal acetylenes is 1. The quantitative estimate of drug-likeness (QED) is 0.816. The van der Waals surface area contributed by atoms with E-state index in [1.807, 2.05) is 11.8 Å². The maximum Gasteiger partial charge on any atom is 0.236 e. The molecule has 1 atom stereocenters. The molecule has 0 spiro atoms. The van der Waals surface area contributed by atoms with Crippen molar-refractivity contribution in [3.05, 3.63) is 21.9 Å². The predicted molar refractivity (Wildman–Crippen MR) is 69.7 cm³/mol. The van der Waals surface area contributed by atoms with Crippen molar-refractivity contribution in [2.45, 2.75) is 25.9 Å². The van der Waals surface area contributed by atoms with E-state index >= 15 is 0 Å². The Morgan fingerprint density at radius 2 is 2.59 bits per heavy atom. The lowest BCUT2D eigenvalue weighted by molar-refractivity contribution is -0.131. The smallest absolute Gasteiger partial charge is 0.236 e. The zero-order chi connectivity index (χ0) is 12.3. The fourth-order valence-electron chi connectivity index (χ4n) is 1.87. The molecule has 1 aliphatic heterocycles. The lowest BCUT2D eigenvalue weighted by Gasteiger charge is -2.27. The molecule has 1 N–H and O–H groups in total. The highest BCUT2D eigenvalue weighted by atomic mass is 32.1. The van der Waals surface area contributed by atoms with Gasteiger partial charge in [0, 0.05) is 18.0 Å². The lowest BCUT2D eigenvalue weighted by atomic mass is 10.1. The highest BCUT2D eigenvalue weighted by Crippen LogP contribution is 2.23. The Kier molecular flexibility index (Phi) is 3.82. The van der Waals surface area contributed by atoms with Crippen molar-refractivity contribution in [3.8, 4) is 12.3 Å². The van der Waals surface area contributed by atoms with Crippen LogP contribution in [-0.4, -0.2) is 29.9 Å². The predicted octanol–water partition coefficient (Wildman–Crippen LogP) is 1.24. The summed E-state index contributed by atoms with van der Waals surface area (Å²) in [7, 11) is 0. The average molecular weight is 248 g/mol. The molecular weight excluding hydrogens is 232 g/mol. The lowest BCUT2D eigenvalue weighted by Crippen LogP contribution is -2.42. The fourth-order valence-corrected chi connectivity index (χ4v) is 2.76. The molecule has 0 saturated heterocycles. The minimum atomic E-state index is -0.0551. The molecule has 2 rings (SSSR count). The van der Waals surface area contributed by atoms with Crippen molar-refractivity contribution in [2.24, 2.45) is 0 Å². The minimum absolute atomic E-state index is 0.0551. The van der Waals surface area contributed by atoms with Crippen molar-refractivity contribution < 1.29 is 4.79 Å². The first kappa shape index (κ1) is 12.2. The largest absolute Gasteiger partial charge is 0.337 e. The monoisotopic (exact) mass is 248 g/mol. The van der Waals surface area contributed by atoms with Gasteiger partial charge in [0.25, 0.3) is 0 Å². The number of nitrogens with zero attached hydrogens (tertiary/aromatic N) is 1. The number of hydrogen-bond donors (Lipinski definition) is 1. The maximum atomic E-state index is 11.9. The van der Waals surface area contributed by atoms with Gasteiger partial charge in [-0.2, -0.15) is 0 Å². The third kappa shape index (κ3) is 2.87. The molecule has 0 aromatic carbocycles. The van der Waals surface area contributed by atoms with Gasteiger partial charge in [-0.15, -0.1) is 17.8 Å². The van der Waals surface area contributed by atoms with E-state index in [0.717, 1.165) is 19.5 Å². The van der Waals surface area contributed by atoms with Gasteiger partial charge in [0.1, 0.15) is 0 Å². The van der Waals surface area contributed by atoms with Crippen LogP contribution in [-0.2, 0) is 17.8 Å². The third-order valence-electron chi connectivity index (χ3n) is 2.97. The fraction of sp³-hybridized carbons (Fsp3) is 0.462. The molecule has 1 aromatic heterocycles. The molecule has 1 unspecified atom stereocenters. The number of fused-ring (bicyclic) bond motifs is 1. The Morgan fingerprint density at radius 1 is 1.76 bits per heavy atom. The molecule has 4 heteroatoms. The van der Waals surface area contributed by atoms with Crippen molar-refractivity contribution in [2.75, 3.05) is 13.1 Å². The van der Waals surface area contributed by atoms with E-state index in [9.17, 15) is 4.79 Å². The summed E-state index contributed by atoms with van der Waals surface area (Å²) >= 11 is 1.78. The number of carbonyl (C=O) groups is 1. The number of thiophene rings is 1. The third-order valence-corrected chi connectivity index (χ3v) is 3.99. The standard InChI is InChI=1S/C13H16N2OS/c1-3-10(2)14-8-13(16)15-6-4-12-11(9-15)5-7-17-12/h1,5,7,10,14H,4,6,8-9H2,2H3. The van der Waals surface area contributed by atoms with Crippen LogP contribution in [0.25, 0.3) is 0 Å². The Hall–Kier alpha value is -1.31. The maximum absolute atomic E-state index is 11.9. The molecule has 1 aromatic rings. The van der Waals surface area contributed by atoms with Crippen LogP contribution in [0.2, 0.25) is 0 Å². The summed E-state index contributed by atoms with van der Waals surface area (Å²) in [6, 6.07) is 2.05. The first-order valence-corrected chi connectivity index (χ1v) is 6.61. The second kappa shape index (κ2) is 5.35. The molecular formula is C13H16N2OS. The van der Waals surface area contributed by atoms with Crippen LogP contribution in [0.3, 0.4) is 0 Å². The number of carbonyl (C=O) groups excluding carboxylic acids is 1. The van der Waals surface area contributed by atoms with Crippen LogP contribution in [0.15, 0.2) is 11.4 Å². The van der Waals surface area contributed by atoms with E-state index in [0.29, 0.717) is 6.54 Å². The van der Waals surface area contributed by atoms with Gasteiger partial charge in [0.15, 0.2) is 0 Å². The van der Waals surface area contributed by atoms with E-state index in [-0.39, 0.29) is 11.9 Å². The van der Waals surface area contributed by atoms with Gasteiger partial charge < -0.3 is 4.90 Å². The highest BCUT2D eigenvalue weighted by molar-refractivity contribution is 7.10. The van der Waals surface area contributed by atoms with Crippen LogP contribution >= 0.6 is 11.3 Å². The summed E-state index contributed by atoms with van der Waals surface area (Å²) in [6.07, 6.45) is 6.23. The van der Waals surface area contributed by atoms with Crippen molar-refractivity contribution in [3.63, 3.8) is 0 Å². The van der Waals surface area contributed by atoms with E-state index < -0.39 is 0 Å². The van der Waals surface area contributed by atoms with Crippen LogP contribution < -0.4 is 5.32 Å². The number of nitrogens with one attached hydrogen (secondary N) is 1. The molecule has 0 bridgehead atoms. The Morgan fingerprint density at radius 3 is 3.35 bits per heavy atom. The summed E-state index contributed by atoms with van der Waals surface area (Å²) in [4.78, 5) is 15.3. The van der Waals surface area contributed by atoms with Crippen molar-refractivity contribution >= 4 is 17.2 Å². The summed E-state index contributed by atoms with van der Waals surface area (Å²) in [5, 5.41) is 5.12. The van der Waals surface area contributed by atoms with Crippen molar-refractivity contribution in [1.82, 2.24) is 10.2 Å². The molecule has 1 amide bonds. The Bertz CT molecular complexity index is 447. The molecule has 0 aliphatic carbocycles. The van der Waals surface area contributed by atoms with E-state index in [2.05, 4.69) is 22.7 Å². The zero-order valence-electron chi connectivity index (χ0n) is 9.90. The van der Waals surface area contributed by atoms with E-state index in [1.54, 1.807) is 11.3 Å². The summed E-state index contributed by atoms with van der Waals surface area (Å²) in [6.45, 7) is 3.76. The average Bonchev–Trinajstić information content (AvgIpc) is 2.82. The summed E-state index contributed by atoms with van der Waals surface area (Å²) in [5.74, 6) is 2.68. The van der Waals surface area contributed by atoms with Gasteiger partial charge in [0.05, 0.1) is 12.6 Å². The number of hydrogen-bond acceptors (Lipinski definition) is 3. The van der Waals surface area contributed by atoms with Crippen LogP contribution in [0, 0.1) is 12.3 Å². The zero-order valence-corrected chi connectivity index (χ0v) is 10.7. The van der Waals surface area contributed by atoms with Gasteiger partial charge in [-0.25, -0.2) is 0 Å². The topological polar surface area (TPSA) is 32.3 Å². The molecule has 2 heterocycles. The molecule has 3 nitrogen and oxygen atoms in total. The van der Waals surface area contributed by atoms with Crippen LogP contribution in [0.1, 0.15) is 17.4 Å². The number of rotatable bonds is 3. The second-order valence-electron chi connectivity index (χ2n) is 4.20. The molecule has 0 saturated carbocycles. The minimum Gasteiger partial charge on any atom is -0.337 e. The van der Waals surface area contributed by atoms with Crippen LogP contribution in [0.4, 0.5) is 0 Å². The normalized spacial score (nSPS) is 16.1. The highest BCUT2D eigenvalue weighted by Gasteiger charge is 2.21. The molecule has 1 aliphatic rings. The Labute approximate surface area is 106 Å². The van der Waals surface area contributed by atoms with Gasteiger partial charge in [-0.3, -0.25) is 10.1 Å². The molecule has 17 heavy (non-hydrogen) atoms. The van der Waals surface area contributed by atoms with Gasteiger partial charge >= 0.3 is 0 Å². The van der Waals surface area contributed by atoms with Crippen LogP contribution in [0.5, 0.6) is 0 Å². The SMILES string of the molecule is C#CC(C)NCC(=O)N1CCc2sccc2C1. The molecule has 90 valence electrons. The molecule has 0 fully saturated rings. The number of amides is 1. The van der Waals surface area contributed by atoms with Gasteiger partial charge in [-0.05, 0) is 30.4 Å². The molecule has 0 radical (unpaired) electrons. The van der Waals surface area contributed by atoms with Gasteiger partial charge in [-0.1, -0.05) is 5.92 Å². The summed E-state index contributed by atoms with van der Waals surface area (Å²) < 4.78 is 0. The Balaban J connectivity index is 1.88. The first-order chi connectivity index (χ1) is 8.20. The van der Waals surface area contributed by atoms with Gasteiger partial charge in [0.2, 0.25) is 5.91 Å². The van der Waals surface area contributed by atoms with Crippen molar-refractivity contribution in [1.29, 1.82) is 0 Å².